The van der Waals surface area contributed by atoms with Crippen molar-refractivity contribution in [2.24, 2.45) is 5.92 Å². The van der Waals surface area contributed by atoms with Crippen LogP contribution in [0.5, 0.6) is 0 Å². The summed E-state index contributed by atoms with van der Waals surface area (Å²) in [5.41, 5.74) is 0. The third kappa shape index (κ3) is 6.41. The van der Waals surface area contributed by atoms with Gasteiger partial charge in [0.05, 0.1) is 0 Å². The average molecular weight is 243 g/mol. The Morgan fingerprint density at radius 1 is 1.25 bits per heavy atom. The number of rotatable bonds is 6. The molecule has 0 atom stereocenters. The highest BCUT2D eigenvalue weighted by molar-refractivity contribution is 8.13. The fraction of sp³-hybridized carbons (Fsp3) is 0.923. The predicted octanol–water partition coefficient (Wildman–Crippen LogP) is 4.20. The zero-order chi connectivity index (χ0) is 11.6. The molecule has 0 spiro atoms. The zero-order valence-electron chi connectivity index (χ0n) is 10.5. The Balaban J connectivity index is 1.89. The van der Waals surface area contributed by atoms with E-state index in [1.54, 1.807) is 0 Å². The molecule has 0 saturated heterocycles. The molecule has 1 saturated carbocycles. The maximum Gasteiger partial charge on any atom is 0.279 e. The zero-order valence-corrected chi connectivity index (χ0v) is 11.3. The topological polar surface area (TPSA) is 29.1 Å². The number of hydrogen-bond donors (Lipinski definition) is 1. The van der Waals surface area contributed by atoms with Gasteiger partial charge >= 0.3 is 0 Å². The Labute approximate surface area is 104 Å². The van der Waals surface area contributed by atoms with Crippen LogP contribution in [0, 0.1) is 5.92 Å². The number of hydrogen-bond acceptors (Lipinski definition) is 2. The molecule has 0 heterocycles. The van der Waals surface area contributed by atoms with Gasteiger partial charge in [0.15, 0.2) is 0 Å². The van der Waals surface area contributed by atoms with Crippen molar-refractivity contribution in [1.29, 1.82) is 0 Å². The molecule has 0 bridgehead atoms. The number of carbonyl (C=O) groups is 1. The molecule has 1 aliphatic rings. The van der Waals surface area contributed by atoms with Gasteiger partial charge in [-0.05, 0) is 18.1 Å². The number of carbonyl (C=O) groups excluding carboxylic acids is 1. The molecule has 0 aromatic rings. The van der Waals surface area contributed by atoms with E-state index in [0.717, 1.165) is 24.6 Å². The summed E-state index contributed by atoms with van der Waals surface area (Å²) in [7, 11) is 0. The van der Waals surface area contributed by atoms with Crippen molar-refractivity contribution in [3.63, 3.8) is 0 Å². The summed E-state index contributed by atoms with van der Waals surface area (Å²) in [5, 5.41) is 3.08. The van der Waals surface area contributed by atoms with E-state index in [0.29, 0.717) is 0 Å². The predicted molar refractivity (Wildman–Crippen MR) is 72.0 cm³/mol. The number of nitrogens with one attached hydrogen (secondary N) is 1. The average Bonchev–Trinajstić information content (AvgIpc) is 2.30. The standard InChI is InChI=1S/C13H25NOS/c1-2-16-13(15)14-11-7-6-10-12-8-4-3-5-9-12/h12H,2-11H2,1H3,(H,14,15). The molecule has 0 unspecified atom stereocenters. The molecule has 1 amide bonds. The van der Waals surface area contributed by atoms with Gasteiger partial charge in [-0.3, -0.25) is 4.79 Å². The maximum atomic E-state index is 11.2. The fourth-order valence-corrected chi connectivity index (χ4v) is 2.87. The normalized spacial score (nSPS) is 17.3. The van der Waals surface area contributed by atoms with Crippen LogP contribution >= 0.6 is 11.8 Å². The largest absolute Gasteiger partial charge is 0.347 e. The summed E-state index contributed by atoms with van der Waals surface area (Å²) in [5.74, 6) is 1.85. The lowest BCUT2D eigenvalue weighted by Gasteiger charge is -2.21. The van der Waals surface area contributed by atoms with E-state index in [4.69, 9.17) is 0 Å². The summed E-state index contributed by atoms with van der Waals surface area (Å²) >= 11 is 1.37. The molecule has 0 radical (unpaired) electrons. The smallest absolute Gasteiger partial charge is 0.279 e. The van der Waals surface area contributed by atoms with Crippen molar-refractivity contribution >= 4 is 17.0 Å². The molecular formula is C13H25NOS. The first kappa shape index (κ1) is 13.9. The SMILES string of the molecule is CCSC(=O)NCCCCC1CCCCC1. The molecular weight excluding hydrogens is 218 g/mol. The van der Waals surface area contributed by atoms with Crippen molar-refractivity contribution in [1.82, 2.24) is 5.32 Å². The minimum Gasteiger partial charge on any atom is -0.347 e. The minimum atomic E-state index is 0.139. The van der Waals surface area contributed by atoms with E-state index >= 15 is 0 Å². The molecule has 0 aromatic heterocycles. The molecule has 16 heavy (non-hydrogen) atoms. The molecule has 94 valence electrons. The van der Waals surface area contributed by atoms with Crippen LogP contribution in [0.4, 0.5) is 4.79 Å². The Bertz CT molecular complexity index is 190. The van der Waals surface area contributed by atoms with Gasteiger partial charge in [0.25, 0.3) is 5.24 Å². The van der Waals surface area contributed by atoms with Gasteiger partial charge in [-0.2, -0.15) is 0 Å². The van der Waals surface area contributed by atoms with Gasteiger partial charge in [-0.15, -0.1) is 0 Å². The third-order valence-electron chi connectivity index (χ3n) is 3.31. The van der Waals surface area contributed by atoms with Gasteiger partial charge in [0.2, 0.25) is 0 Å². The highest BCUT2D eigenvalue weighted by Gasteiger charge is 2.12. The van der Waals surface area contributed by atoms with Crippen LogP contribution in [0.2, 0.25) is 0 Å². The maximum absolute atomic E-state index is 11.2. The van der Waals surface area contributed by atoms with E-state index in [-0.39, 0.29) is 5.24 Å². The fourth-order valence-electron chi connectivity index (χ4n) is 2.41. The summed E-state index contributed by atoms with van der Waals surface area (Å²) in [6, 6.07) is 0. The minimum absolute atomic E-state index is 0.139. The van der Waals surface area contributed by atoms with Crippen LogP contribution in [0.1, 0.15) is 58.3 Å². The summed E-state index contributed by atoms with van der Waals surface area (Å²) < 4.78 is 0. The van der Waals surface area contributed by atoms with Gasteiger partial charge in [0.1, 0.15) is 0 Å². The molecule has 1 N–H and O–H groups in total. The van der Waals surface area contributed by atoms with Crippen LogP contribution in [0.25, 0.3) is 0 Å². The Morgan fingerprint density at radius 2 is 2.00 bits per heavy atom. The van der Waals surface area contributed by atoms with E-state index in [1.165, 1.54) is 56.7 Å². The summed E-state index contributed by atoms with van der Waals surface area (Å²) in [6.45, 7) is 2.87. The van der Waals surface area contributed by atoms with Crippen molar-refractivity contribution in [2.75, 3.05) is 12.3 Å². The van der Waals surface area contributed by atoms with Gasteiger partial charge in [-0.25, -0.2) is 0 Å². The van der Waals surface area contributed by atoms with Crippen LogP contribution in [-0.2, 0) is 0 Å². The van der Waals surface area contributed by atoms with Crippen molar-refractivity contribution < 1.29 is 4.79 Å². The molecule has 0 aromatic carbocycles. The van der Waals surface area contributed by atoms with Crippen molar-refractivity contribution in [3.05, 3.63) is 0 Å². The Hall–Kier alpha value is -0.180. The van der Waals surface area contributed by atoms with Gasteiger partial charge in [-0.1, -0.05) is 63.6 Å². The molecule has 0 aliphatic heterocycles. The molecule has 1 fully saturated rings. The lowest BCUT2D eigenvalue weighted by Crippen LogP contribution is -2.20. The van der Waals surface area contributed by atoms with E-state index < -0.39 is 0 Å². The number of unbranched alkanes of at least 4 members (excludes halogenated alkanes) is 1. The number of amides is 1. The lowest BCUT2D eigenvalue weighted by atomic mass is 9.86. The van der Waals surface area contributed by atoms with Crippen molar-refractivity contribution in [3.8, 4) is 0 Å². The molecule has 1 aliphatic carbocycles. The second-order valence-corrected chi connectivity index (χ2v) is 5.88. The van der Waals surface area contributed by atoms with Gasteiger partial charge < -0.3 is 5.32 Å². The van der Waals surface area contributed by atoms with Crippen LogP contribution in [-0.4, -0.2) is 17.5 Å². The van der Waals surface area contributed by atoms with Crippen LogP contribution < -0.4 is 5.32 Å². The molecule has 1 rings (SSSR count). The highest BCUT2D eigenvalue weighted by Crippen LogP contribution is 2.27. The molecule has 3 heteroatoms. The van der Waals surface area contributed by atoms with Crippen LogP contribution in [0.3, 0.4) is 0 Å². The summed E-state index contributed by atoms with van der Waals surface area (Å²) in [4.78, 5) is 11.2. The third-order valence-corrected chi connectivity index (χ3v) is 4.00. The second kappa shape index (κ2) is 8.91. The first-order valence-corrected chi connectivity index (χ1v) is 7.72. The second-order valence-electron chi connectivity index (χ2n) is 4.65. The first-order chi connectivity index (χ1) is 7.83. The summed E-state index contributed by atoms with van der Waals surface area (Å²) in [6.07, 6.45) is 11.0. The van der Waals surface area contributed by atoms with Crippen molar-refractivity contribution in [2.45, 2.75) is 58.3 Å². The molecule has 2 nitrogen and oxygen atoms in total. The van der Waals surface area contributed by atoms with E-state index in [1.807, 2.05) is 6.92 Å². The number of thioether (sulfide) groups is 1. The first-order valence-electron chi connectivity index (χ1n) is 6.73. The van der Waals surface area contributed by atoms with Crippen LogP contribution in [0.15, 0.2) is 0 Å². The quantitative estimate of drug-likeness (QED) is 0.708. The highest BCUT2D eigenvalue weighted by atomic mass is 32.2. The Kier molecular flexibility index (Phi) is 7.73. The lowest BCUT2D eigenvalue weighted by molar-refractivity contribution is 0.260. The van der Waals surface area contributed by atoms with E-state index in [9.17, 15) is 4.79 Å². The monoisotopic (exact) mass is 243 g/mol. The van der Waals surface area contributed by atoms with Gasteiger partial charge in [0, 0.05) is 6.54 Å². The van der Waals surface area contributed by atoms with E-state index in [2.05, 4.69) is 5.32 Å². The Morgan fingerprint density at radius 3 is 2.69 bits per heavy atom.